The van der Waals surface area contributed by atoms with Gasteiger partial charge < -0.3 is 15.5 Å². The van der Waals surface area contributed by atoms with E-state index in [4.69, 9.17) is 11.6 Å². The van der Waals surface area contributed by atoms with Gasteiger partial charge in [0.1, 0.15) is 15.4 Å². The van der Waals surface area contributed by atoms with Crippen molar-refractivity contribution in [3.05, 3.63) is 75.6 Å². The van der Waals surface area contributed by atoms with E-state index >= 15 is 0 Å². The van der Waals surface area contributed by atoms with Crippen LogP contribution in [0.2, 0.25) is 5.02 Å². The van der Waals surface area contributed by atoms with Crippen molar-refractivity contribution in [2.45, 2.75) is 0 Å². The minimum absolute atomic E-state index is 0.0434. The Morgan fingerprint density at radius 2 is 1.64 bits per heavy atom. The fourth-order valence-electron chi connectivity index (χ4n) is 2.25. The fraction of sp³-hybridized carbons (Fsp3) is 0. The number of anilines is 2. The Bertz CT molecular complexity index is 936. The highest BCUT2D eigenvalue weighted by atomic mass is 35.5. The summed E-state index contributed by atoms with van der Waals surface area (Å²) in [6.07, 6.45) is 0. The van der Waals surface area contributed by atoms with Crippen molar-refractivity contribution in [1.29, 1.82) is 0 Å². The maximum absolute atomic E-state index is 12.6. The first-order valence-corrected chi connectivity index (χ1v) is 8.38. The molecule has 3 rings (SSSR count). The third-order valence-corrected chi connectivity index (χ3v) is 4.79. The Morgan fingerprint density at radius 1 is 1.00 bits per heavy atom. The van der Waals surface area contributed by atoms with Gasteiger partial charge in [0.05, 0.1) is 0 Å². The predicted molar refractivity (Wildman–Crippen MR) is 97.6 cm³/mol. The summed E-state index contributed by atoms with van der Waals surface area (Å²) < 4.78 is 0. The summed E-state index contributed by atoms with van der Waals surface area (Å²) in [5.74, 6) is -2.33. The number of thiophene rings is 1. The number of rotatable bonds is 5. The Kier molecular flexibility index (Phi) is 4.74. The number of hydrogen-bond acceptors (Lipinski definition) is 5. The first-order valence-electron chi connectivity index (χ1n) is 7.18. The van der Waals surface area contributed by atoms with Crippen LogP contribution in [0, 0.1) is 0 Å². The summed E-state index contributed by atoms with van der Waals surface area (Å²) in [6.45, 7) is 0. The first-order chi connectivity index (χ1) is 12.0. The molecule has 25 heavy (non-hydrogen) atoms. The number of aromatic hydroxyl groups is 1. The van der Waals surface area contributed by atoms with Crippen molar-refractivity contribution >= 4 is 45.4 Å². The molecular formula is C18H12ClNO4S. The summed E-state index contributed by atoms with van der Waals surface area (Å²) in [4.78, 5) is 24.1. The van der Waals surface area contributed by atoms with Crippen molar-refractivity contribution in [3.63, 3.8) is 0 Å². The molecule has 126 valence electrons. The molecule has 0 spiro atoms. The lowest BCUT2D eigenvalue weighted by atomic mass is 10.1. The van der Waals surface area contributed by atoms with Gasteiger partial charge in [0.15, 0.2) is 5.75 Å². The SMILES string of the molecule is O=C(c1ccc(Cl)cc1)c1sc(Nc2ccccc2)c(C(=O)O)c1O. The standard InChI is InChI=1S/C18H12ClNO4S/c19-11-8-6-10(7-9-11)14(21)16-15(22)13(18(23)24)17(25-16)20-12-4-2-1-3-5-12/h1-9,20,22H,(H,23,24). The molecular weight excluding hydrogens is 362 g/mol. The Balaban J connectivity index is 2.03. The van der Waals surface area contributed by atoms with E-state index in [0.717, 1.165) is 11.3 Å². The molecule has 0 unspecified atom stereocenters. The summed E-state index contributed by atoms with van der Waals surface area (Å²) in [7, 11) is 0. The van der Waals surface area contributed by atoms with E-state index in [1.807, 2.05) is 6.07 Å². The van der Waals surface area contributed by atoms with Crippen LogP contribution in [0.25, 0.3) is 0 Å². The van der Waals surface area contributed by atoms with Crippen LogP contribution < -0.4 is 5.32 Å². The molecule has 3 aromatic rings. The zero-order valence-electron chi connectivity index (χ0n) is 12.7. The van der Waals surface area contributed by atoms with Crippen LogP contribution in [-0.4, -0.2) is 22.0 Å². The van der Waals surface area contributed by atoms with Gasteiger partial charge in [-0.3, -0.25) is 4.79 Å². The van der Waals surface area contributed by atoms with Crippen LogP contribution in [-0.2, 0) is 0 Å². The highest BCUT2D eigenvalue weighted by Gasteiger charge is 2.27. The molecule has 0 saturated carbocycles. The smallest absolute Gasteiger partial charge is 0.342 e. The lowest BCUT2D eigenvalue weighted by Crippen LogP contribution is -2.01. The van der Waals surface area contributed by atoms with Crippen LogP contribution in [0.1, 0.15) is 25.6 Å². The third-order valence-electron chi connectivity index (χ3n) is 3.44. The molecule has 5 nitrogen and oxygen atoms in total. The minimum Gasteiger partial charge on any atom is -0.505 e. The zero-order chi connectivity index (χ0) is 18.0. The second-order valence-corrected chi connectivity index (χ2v) is 6.57. The van der Waals surface area contributed by atoms with Gasteiger partial charge in [-0.15, -0.1) is 11.3 Å². The lowest BCUT2D eigenvalue weighted by Gasteiger charge is -2.04. The van der Waals surface area contributed by atoms with E-state index in [0.29, 0.717) is 16.3 Å². The second-order valence-electron chi connectivity index (χ2n) is 5.12. The van der Waals surface area contributed by atoms with Gasteiger partial charge >= 0.3 is 5.97 Å². The van der Waals surface area contributed by atoms with Gasteiger partial charge in [-0.05, 0) is 36.4 Å². The van der Waals surface area contributed by atoms with Crippen molar-refractivity contribution in [2.75, 3.05) is 5.32 Å². The number of aromatic carboxylic acids is 1. The monoisotopic (exact) mass is 373 g/mol. The largest absolute Gasteiger partial charge is 0.505 e. The molecule has 0 fully saturated rings. The van der Waals surface area contributed by atoms with Crippen LogP contribution in [0.3, 0.4) is 0 Å². The van der Waals surface area contributed by atoms with Crippen LogP contribution in [0.4, 0.5) is 10.7 Å². The second kappa shape index (κ2) is 6.96. The number of carboxylic acid groups (broad SMARTS) is 1. The topological polar surface area (TPSA) is 86.6 Å². The number of halogens is 1. The van der Waals surface area contributed by atoms with Crippen LogP contribution in [0.15, 0.2) is 54.6 Å². The maximum atomic E-state index is 12.6. The highest BCUT2D eigenvalue weighted by Crippen LogP contribution is 2.41. The molecule has 0 saturated heterocycles. The molecule has 0 aliphatic rings. The van der Waals surface area contributed by atoms with Crippen molar-refractivity contribution in [1.82, 2.24) is 0 Å². The Labute approximate surface area is 152 Å². The lowest BCUT2D eigenvalue weighted by molar-refractivity contribution is 0.0695. The van der Waals surface area contributed by atoms with E-state index in [1.54, 1.807) is 36.4 Å². The third kappa shape index (κ3) is 3.50. The predicted octanol–water partition coefficient (Wildman–Crippen LogP) is 4.78. The van der Waals surface area contributed by atoms with E-state index < -0.39 is 17.5 Å². The first kappa shape index (κ1) is 17.0. The fourth-order valence-corrected chi connectivity index (χ4v) is 3.44. The summed E-state index contributed by atoms with van der Waals surface area (Å²) in [5.41, 5.74) is 0.632. The molecule has 1 heterocycles. The number of carbonyl (C=O) groups is 2. The number of nitrogens with one attached hydrogen (secondary N) is 1. The number of para-hydroxylation sites is 1. The van der Waals surface area contributed by atoms with Gasteiger partial charge in [-0.2, -0.15) is 0 Å². The average Bonchev–Trinajstić information content (AvgIpc) is 2.92. The quantitative estimate of drug-likeness (QED) is 0.560. The van der Waals surface area contributed by atoms with Crippen LogP contribution in [0.5, 0.6) is 5.75 Å². The number of carboxylic acids is 1. The number of hydrogen-bond donors (Lipinski definition) is 3. The minimum atomic E-state index is -1.32. The molecule has 0 aliphatic heterocycles. The molecule has 2 aromatic carbocycles. The van der Waals surface area contributed by atoms with Gasteiger partial charge in [0.25, 0.3) is 0 Å². The van der Waals surface area contributed by atoms with Crippen molar-refractivity contribution < 1.29 is 19.8 Å². The van der Waals surface area contributed by atoms with Gasteiger partial charge in [0, 0.05) is 16.3 Å². The van der Waals surface area contributed by atoms with E-state index in [-0.39, 0.29) is 15.4 Å². The molecule has 0 atom stereocenters. The summed E-state index contributed by atoms with van der Waals surface area (Å²) in [6, 6.07) is 15.1. The zero-order valence-corrected chi connectivity index (χ0v) is 14.3. The van der Waals surface area contributed by atoms with Crippen molar-refractivity contribution in [3.8, 4) is 5.75 Å². The number of benzene rings is 2. The van der Waals surface area contributed by atoms with E-state index in [9.17, 15) is 19.8 Å². The van der Waals surface area contributed by atoms with Crippen molar-refractivity contribution in [2.24, 2.45) is 0 Å². The van der Waals surface area contributed by atoms with E-state index in [2.05, 4.69) is 5.32 Å². The van der Waals surface area contributed by atoms with E-state index in [1.165, 1.54) is 12.1 Å². The molecule has 1 aromatic heterocycles. The Hall–Kier alpha value is -2.83. The number of ketones is 1. The maximum Gasteiger partial charge on any atom is 0.342 e. The highest BCUT2D eigenvalue weighted by molar-refractivity contribution is 7.19. The molecule has 7 heteroatoms. The molecule has 0 aliphatic carbocycles. The Morgan fingerprint density at radius 3 is 2.24 bits per heavy atom. The molecule has 0 bridgehead atoms. The summed E-state index contributed by atoms with van der Waals surface area (Å²) >= 11 is 6.70. The number of carbonyl (C=O) groups excluding carboxylic acids is 1. The van der Waals surface area contributed by atoms with Gasteiger partial charge in [-0.25, -0.2) is 4.79 Å². The van der Waals surface area contributed by atoms with Gasteiger partial charge in [-0.1, -0.05) is 29.8 Å². The molecule has 0 amide bonds. The summed E-state index contributed by atoms with van der Waals surface area (Å²) in [5, 5.41) is 23.3. The molecule has 0 radical (unpaired) electrons. The molecule has 3 N–H and O–H groups in total. The average molecular weight is 374 g/mol. The normalized spacial score (nSPS) is 10.4. The van der Waals surface area contributed by atoms with Gasteiger partial charge in [0.2, 0.25) is 5.78 Å². The van der Waals surface area contributed by atoms with Crippen LogP contribution >= 0.6 is 22.9 Å².